The smallest absolute Gasteiger partial charge is 0.232 e. The molecule has 0 unspecified atom stereocenters. The minimum absolute atomic E-state index is 0.0152. The van der Waals surface area contributed by atoms with E-state index in [0.29, 0.717) is 17.3 Å². The van der Waals surface area contributed by atoms with Gasteiger partial charge in [-0.2, -0.15) is 0 Å². The monoisotopic (exact) mass is 395 g/mol. The summed E-state index contributed by atoms with van der Waals surface area (Å²) in [4.78, 5) is 16.1. The Morgan fingerprint density at radius 1 is 1.31 bits per heavy atom. The molecule has 0 bridgehead atoms. The second-order valence-corrected chi connectivity index (χ2v) is 8.45. The van der Waals surface area contributed by atoms with E-state index in [9.17, 15) is 13.2 Å². The molecule has 1 amide bonds. The van der Waals surface area contributed by atoms with E-state index in [0.717, 1.165) is 22.9 Å². The Morgan fingerprint density at radius 2 is 2.04 bits per heavy atom. The van der Waals surface area contributed by atoms with Crippen LogP contribution < -0.4 is 9.62 Å². The maximum atomic E-state index is 12.2. The third-order valence-electron chi connectivity index (χ3n) is 3.80. The number of carbonyl (C=O) groups is 1. The number of anilines is 1. The molecule has 1 aromatic carbocycles. The van der Waals surface area contributed by atoms with Crippen LogP contribution in [-0.2, 0) is 21.4 Å². The summed E-state index contributed by atoms with van der Waals surface area (Å²) in [6.45, 7) is 4.05. The summed E-state index contributed by atoms with van der Waals surface area (Å²) in [5.41, 5.74) is 2.98. The number of hydrogen-bond acceptors (Lipinski definition) is 4. The second-order valence-electron chi connectivity index (χ2n) is 6.14. The van der Waals surface area contributed by atoms with Crippen LogP contribution in [0.3, 0.4) is 0 Å². The summed E-state index contributed by atoms with van der Waals surface area (Å²) in [7, 11) is -3.58. The van der Waals surface area contributed by atoms with Gasteiger partial charge in [-0.25, -0.2) is 8.42 Å². The molecule has 0 fully saturated rings. The van der Waals surface area contributed by atoms with Crippen molar-refractivity contribution in [3.8, 4) is 0 Å². The Kier molecular flexibility index (Phi) is 6.61. The highest BCUT2D eigenvalue weighted by molar-refractivity contribution is 7.92. The van der Waals surface area contributed by atoms with Crippen molar-refractivity contribution in [1.29, 1.82) is 0 Å². The fraction of sp³-hybridized carbons (Fsp3) is 0.333. The van der Waals surface area contributed by atoms with Crippen molar-refractivity contribution in [3.05, 3.63) is 58.4 Å². The molecule has 1 aromatic heterocycles. The molecule has 140 valence electrons. The molecular formula is C18H22ClN3O3S. The average Bonchev–Trinajstić information content (AvgIpc) is 2.55. The van der Waals surface area contributed by atoms with Crippen LogP contribution in [0.5, 0.6) is 0 Å². The highest BCUT2D eigenvalue weighted by Crippen LogP contribution is 2.32. The average molecular weight is 396 g/mol. The first kappa shape index (κ1) is 20.2. The Balaban J connectivity index is 2.09. The molecule has 2 rings (SSSR count). The van der Waals surface area contributed by atoms with Crippen LogP contribution >= 0.6 is 11.6 Å². The van der Waals surface area contributed by atoms with Gasteiger partial charge in [0.25, 0.3) is 0 Å². The Morgan fingerprint density at radius 3 is 2.62 bits per heavy atom. The van der Waals surface area contributed by atoms with Crippen LogP contribution in [0, 0.1) is 13.8 Å². The van der Waals surface area contributed by atoms with E-state index in [1.807, 2.05) is 19.1 Å². The lowest BCUT2D eigenvalue weighted by Gasteiger charge is -2.25. The third-order valence-corrected chi connectivity index (χ3v) is 5.26. The van der Waals surface area contributed by atoms with Crippen LogP contribution in [0.1, 0.15) is 23.1 Å². The summed E-state index contributed by atoms with van der Waals surface area (Å²) >= 11 is 6.28. The molecule has 8 heteroatoms. The number of halogens is 1. The van der Waals surface area contributed by atoms with Crippen molar-refractivity contribution in [3.63, 3.8) is 0 Å². The summed E-state index contributed by atoms with van der Waals surface area (Å²) in [6.07, 6.45) is 4.45. The lowest BCUT2D eigenvalue weighted by atomic mass is 10.1. The highest BCUT2D eigenvalue weighted by Gasteiger charge is 2.23. The first-order valence-electron chi connectivity index (χ1n) is 8.08. The number of aryl methyl sites for hydroxylation is 2. The number of rotatable bonds is 7. The molecule has 0 aliphatic heterocycles. The minimum Gasteiger partial charge on any atom is -0.352 e. The Bertz CT molecular complexity index is 863. The van der Waals surface area contributed by atoms with Gasteiger partial charge in [0.2, 0.25) is 15.9 Å². The maximum absolute atomic E-state index is 12.2. The molecule has 0 saturated carbocycles. The lowest BCUT2D eigenvalue weighted by Crippen LogP contribution is -2.35. The highest BCUT2D eigenvalue weighted by atomic mass is 35.5. The number of benzene rings is 1. The van der Waals surface area contributed by atoms with Crippen molar-refractivity contribution in [2.75, 3.05) is 17.1 Å². The molecule has 6 nitrogen and oxygen atoms in total. The van der Waals surface area contributed by atoms with E-state index in [1.54, 1.807) is 31.5 Å². The largest absolute Gasteiger partial charge is 0.352 e. The van der Waals surface area contributed by atoms with Crippen molar-refractivity contribution in [2.24, 2.45) is 0 Å². The van der Waals surface area contributed by atoms with Gasteiger partial charge in [-0.15, -0.1) is 0 Å². The quantitative estimate of drug-likeness (QED) is 0.781. The molecule has 0 spiro atoms. The molecule has 0 radical (unpaired) electrons. The van der Waals surface area contributed by atoms with E-state index in [2.05, 4.69) is 10.3 Å². The van der Waals surface area contributed by atoms with E-state index in [-0.39, 0.29) is 18.9 Å². The topological polar surface area (TPSA) is 79.4 Å². The van der Waals surface area contributed by atoms with Gasteiger partial charge in [0.15, 0.2) is 0 Å². The lowest BCUT2D eigenvalue weighted by molar-refractivity contribution is -0.121. The van der Waals surface area contributed by atoms with Crippen LogP contribution in [-0.4, -0.2) is 32.1 Å². The molecule has 2 aromatic rings. The molecule has 0 saturated heterocycles. The predicted molar refractivity (Wildman–Crippen MR) is 104 cm³/mol. The van der Waals surface area contributed by atoms with Crippen LogP contribution in [0.25, 0.3) is 0 Å². The molecule has 26 heavy (non-hydrogen) atoms. The summed E-state index contributed by atoms with van der Waals surface area (Å²) in [5.74, 6) is -0.247. The van der Waals surface area contributed by atoms with Crippen molar-refractivity contribution in [2.45, 2.75) is 26.8 Å². The molecule has 0 atom stereocenters. The number of nitrogens with zero attached hydrogens (tertiary/aromatic N) is 2. The Labute approximate surface area is 159 Å². The number of pyridine rings is 1. The standard InChI is InChI=1S/C18H22ClN3O3S/c1-13-9-14(2)18(16(19)10-13)22(26(3,24)25)8-6-17(23)21-12-15-5-4-7-20-11-15/h4-5,7,9-11H,6,8,12H2,1-3H3,(H,21,23). The van der Waals surface area contributed by atoms with Gasteiger partial charge in [0, 0.05) is 31.9 Å². The van der Waals surface area contributed by atoms with Crippen molar-refractivity contribution >= 4 is 33.2 Å². The molecular weight excluding hydrogens is 374 g/mol. The first-order valence-corrected chi connectivity index (χ1v) is 10.3. The SMILES string of the molecule is Cc1cc(C)c(N(CCC(=O)NCc2cccnc2)S(C)(=O)=O)c(Cl)c1. The molecule has 0 aliphatic rings. The van der Waals surface area contributed by atoms with Gasteiger partial charge in [-0.3, -0.25) is 14.1 Å². The third kappa shape index (κ3) is 5.44. The van der Waals surface area contributed by atoms with E-state index in [4.69, 9.17) is 11.6 Å². The number of sulfonamides is 1. The Hall–Kier alpha value is -2.12. The van der Waals surface area contributed by atoms with Crippen LogP contribution in [0.15, 0.2) is 36.7 Å². The molecule has 0 aliphatic carbocycles. The van der Waals surface area contributed by atoms with E-state index >= 15 is 0 Å². The van der Waals surface area contributed by atoms with Gasteiger partial charge in [-0.1, -0.05) is 23.7 Å². The van der Waals surface area contributed by atoms with Crippen LogP contribution in [0.2, 0.25) is 5.02 Å². The van der Waals surface area contributed by atoms with Crippen molar-refractivity contribution < 1.29 is 13.2 Å². The normalized spacial score (nSPS) is 11.2. The van der Waals surface area contributed by atoms with Gasteiger partial charge in [0.1, 0.15) is 0 Å². The van der Waals surface area contributed by atoms with Gasteiger partial charge in [-0.05, 0) is 42.7 Å². The number of carbonyl (C=O) groups excluding carboxylic acids is 1. The molecule has 1 N–H and O–H groups in total. The second kappa shape index (κ2) is 8.51. The first-order chi connectivity index (χ1) is 12.2. The fourth-order valence-corrected chi connectivity index (χ4v) is 4.13. The zero-order valence-corrected chi connectivity index (χ0v) is 16.6. The number of hydrogen-bond donors (Lipinski definition) is 1. The van der Waals surface area contributed by atoms with E-state index < -0.39 is 10.0 Å². The molecule has 1 heterocycles. The zero-order chi connectivity index (χ0) is 19.3. The zero-order valence-electron chi connectivity index (χ0n) is 15.0. The van der Waals surface area contributed by atoms with Gasteiger partial charge >= 0.3 is 0 Å². The maximum Gasteiger partial charge on any atom is 0.232 e. The number of nitrogens with one attached hydrogen (secondary N) is 1. The summed E-state index contributed by atoms with van der Waals surface area (Å²) < 4.78 is 25.7. The summed E-state index contributed by atoms with van der Waals surface area (Å²) in [6, 6.07) is 7.22. The van der Waals surface area contributed by atoms with Crippen molar-refractivity contribution in [1.82, 2.24) is 10.3 Å². The van der Waals surface area contributed by atoms with E-state index in [1.165, 1.54) is 4.31 Å². The fourth-order valence-electron chi connectivity index (χ4n) is 2.66. The summed E-state index contributed by atoms with van der Waals surface area (Å²) in [5, 5.41) is 3.11. The number of aromatic nitrogens is 1. The van der Waals surface area contributed by atoms with Crippen LogP contribution in [0.4, 0.5) is 5.69 Å². The number of amides is 1. The minimum atomic E-state index is -3.58. The predicted octanol–water partition coefficient (Wildman–Crippen LogP) is 2.82. The van der Waals surface area contributed by atoms with Gasteiger partial charge < -0.3 is 5.32 Å². The van der Waals surface area contributed by atoms with Gasteiger partial charge in [0.05, 0.1) is 17.0 Å².